The molecule has 0 saturated heterocycles. The molecule has 0 spiro atoms. The first kappa shape index (κ1) is 14.8. The molecule has 25 heavy (non-hydrogen) atoms. The van der Waals surface area contributed by atoms with Gasteiger partial charge in [-0.25, -0.2) is 0 Å². The molecule has 3 heterocycles. The van der Waals surface area contributed by atoms with Crippen LogP contribution in [0.15, 0.2) is 57.9 Å². The van der Waals surface area contributed by atoms with Crippen LogP contribution in [0.25, 0.3) is 11.5 Å². The monoisotopic (exact) mass is 335 g/mol. The van der Waals surface area contributed by atoms with Gasteiger partial charge in [0.2, 0.25) is 11.9 Å². The summed E-state index contributed by atoms with van der Waals surface area (Å²) >= 11 is 0. The van der Waals surface area contributed by atoms with E-state index in [9.17, 15) is 0 Å². The molecule has 3 N–H and O–H groups in total. The van der Waals surface area contributed by atoms with Gasteiger partial charge in [-0.3, -0.25) is 0 Å². The maximum absolute atomic E-state index is 5.77. The maximum Gasteiger partial charge on any atom is 0.261 e. The number of aromatic nitrogens is 5. The molecule has 4 aromatic rings. The van der Waals surface area contributed by atoms with Gasteiger partial charge >= 0.3 is 0 Å². The predicted octanol–water partition coefficient (Wildman–Crippen LogP) is 2.43. The van der Waals surface area contributed by atoms with E-state index in [0.29, 0.717) is 29.1 Å². The molecule has 0 fully saturated rings. The quantitative estimate of drug-likeness (QED) is 0.564. The third-order valence-electron chi connectivity index (χ3n) is 3.28. The van der Waals surface area contributed by atoms with Crippen LogP contribution in [0.5, 0.6) is 0 Å². The van der Waals surface area contributed by atoms with Gasteiger partial charge in [0, 0.05) is 5.69 Å². The van der Waals surface area contributed by atoms with Crippen LogP contribution in [0.4, 0.5) is 17.6 Å². The Morgan fingerprint density at radius 3 is 2.64 bits per heavy atom. The van der Waals surface area contributed by atoms with Gasteiger partial charge in [0.05, 0.1) is 18.2 Å². The van der Waals surface area contributed by atoms with Gasteiger partial charge in [-0.05, 0) is 18.2 Å². The lowest BCUT2D eigenvalue weighted by atomic mass is 10.3. The first-order valence-electron chi connectivity index (χ1n) is 7.44. The van der Waals surface area contributed by atoms with Crippen LogP contribution in [0.1, 0.15) is 11.6 Å². The van der Waals surface area contributed by atoms with E-state index < -0.39 is 0 Å². The Balaban J connectivity index is 1.54. The number of nitrogens with one attached hydrogen (secondary N) is 1. The normalized spacial score (nSPS) is 10.7. The minimum Gasteiger partial charge on any atom is -0.472 e. The lowest BCUT2D eigenvalue weighted by Gasteiger charge is -2.06. The summed E-state index contributed by atoms with van der Waals surface area (Å²) in [5.74, 6) is 1.71. The summed E-state index contributed by atoms with van der Waals surface area (Å²) in [5.41, 5.74) is 7.33. The van der Waals surface area contributed by atoms with Gasteiger partial charge in [-0.2, -0.15) is 19.9 Å². The number of hydrogen-bond donors (Lipinski definition) is 2. The zero-order chi connectivity index (χ0) is 17.1. The molecule has 3 aromatic heterocycles. The molecule has 0 aliphatic heterocycles. The number of rotatable bonds is 5. The number of nitrogens with two attached hydrogens (primary N) is 1. The molecule has 0 aliphatic carbocycles. The number of hydrogen-bond acceptors (Lipinski definition) is 9. The lowest BCUT2D eigenvalue weighted by Crippen LogP contribution is -2.08. The van der Waals surface area contributed by atoms with Crippen molar-refractivity contribution in [1.82, 2.24) is 25.1 Å². The Morgan fingerprint density at radius 2 is 1.84 bits per heavy atom. The molecule has 0 bridgehead atoms. The summed E-state index contributed by atoms with van der Waals surface area (Å²) in [7, 11) is 0. The number of furan rings is 1. The summed E-state index contributed by atoms with van der Waals surface area (Å²) < 4.78 is 10.2. The van der Waals surface area contributed by atoms with Crippen LogP contribution in [0.3, 0.4) is 0 Å². The SMILES string of the molecule is Nc1nc(Cc2noc(-c3ccoc3)n2)nc(Nc2ccccc2)n1. The third-order valence-corrected chi connectivity index (χ3v) is 3.28. The Morgan fingerprint density at radius 1 is 0.960 bits per heavy atom. The Hall–Kier alpha value is -3.75. The fourth-order valence-corrected chi connectivity index (χ4v) is 2.19. The van der Waals surface area contributed by atoms with Gasteiger partial charge in [0.1, 0.15) is 12.1 Å². The van der Waals surface area contributed by atoms with Crippen LogP contribution >= 0.6 is 0 Å². The number of benzene rings is 1. The number of nitrogen functional groups attached to an aromatic ring is 1. The largest absolute Gasteiger partial charge is 0.472 e. The highest BCUT2D eigenvalue weighted by Crippen LogP contribution is 2.18. The van der Waals surface area contributed by atoms with E-state index in [4.69, 9.17) is 14.7 Å². The van der Waals surface area contributed by atoms with Crippen molar-refractivity contribution >= 4 is 17.6 Å². The van der Waals surface area contributed by atoms with E-state index in [-0.39, 0.29) is 12.4 Å². The average molecular weight is 335 g/mol. The van der Waals surface area contributed by atoms with E-state index in [1.165, 1.54) is 12.5 Å². The van der Waals surface area contributed by atoms with Gasteiger partial charge in [-0.15, -0.1) is 0 Å². The minimum absolute atomic E-state index is 0.113. The second-order valence-electron chi connectivity index (χ2n) is 5.13. The van der Waals surface area contributed by atoms with Crippen LogP contribution in [0, 0.1) is 0 Å². The fourth-order valence-electron chi connectivity index (χ4n) is 2.19. The molecular formula is C16H13N7O2. The molecule has 1 aromatic carbocycles. The zero-order valence-corrected chi connectivity index (χ0v) is 13.0. The molecule has 0 amide bonds. The molecule has 4 rings (SSSR count). The highest BCUT2D eigenvalue weighted by Gasteiger charge is 2.13. The smallest absolute Gasteiger partial charge is 0.261 e. The topological polar surface area (TPSA) is 129 Å². The number of anilines is 3. The average Bonchev–Trinajstić information content (AvgIpc) is 3.26. The molecule has 0 aliphatic rings. The molecule has 0 saturated carbocycles. The summed E-state index contributed by atoms with van der Waals surface area (Å²) in [6.07, 6.45) is 3.32. The highest BCUT2D eigenvalue weighted by molar-refractivity contribution is 5.53. The van der Waals surface area contributed by atoms with Crippen molar-refractivity contribution in [2.24, 2.45) is 0 Å². The van der Waals surface area contributed by atoms with Crippen molar-refractivity contribution in [3.8, 4) is 11.5 Å². The fraction of sp³-hybridized carbons (Fsp3) is 0.0625. The maximum atomic E-state index is 5.77. The molecule has 0 unspecified atom stereocenters. The summed E-state index contributed by atoms with van der Waals surface area (Å²) in [6, 6.07) is 11.3. The van der Waals surface area contributed by atoms with E-state index in [1.807, 2.05) is 30.3 Å². The lowest BCUT2D eigenvalue weighted by molar-refractivity contribution is 0.423. The van der Waals surface area contributed by atoms with E-state index in [2.05, 4.69) is 30.4 Å². The predicted molar refractivity (Wildman–Crippen MR) is 88.8 cm³/mol. The van der Waals surface area contributed by atoms with Crippen molar-refractivity contribution in [2.75, 3.05) is 11.1 Å². The van der Waals surface area contributed by atoms with Crippen LogP contribution in [-0.4, -0.2) is 25.1 Å². The summed E-state index contributed by atoms with van der Waals surface area (Å²) in [6.45, 7) is 0. The van der Waals surface area contributed by atoms with Crippen molar-refractivity contribution in [1.29, 1.82) is 0 Å². The van der Waals surface area contributed by atoms with Crippen molar-refractivity contribution < 1.29 is 8.94 Å². The third kappa shape index (κ3) is 3.44. The standard InChI is InChI=1S/C16H13N7O2/c17-15-20-12(21-16(22-15)18-11-4-2-1-3-5-11)8-13-19-14(25-23-13)10-6-7-24-9-10/h1-7,9H,8H2,(H3,17,18,20,21,22). The Bertz CT molecular complexity index is 967. The first-order chi connectivity index (χ1) is 12.3. The van der Waals surface area contributed by atoms with Crippen LogP contribution in [0.2, 0.25) is 0 Å². The second kappa shape index (κ2) is 6.40. The van der Waals surface area contributed by atoms with Gasteiger partial charge in [0.25, 0.3) is 5.89 Å². The van der Waals surface area contributed by atoms with Gasteiger partial charge < -0.3 is 20.0 Å². The van der Waals surface area contributed by atoms with Crippen molar-refractivity contribution in [3.05, 3.63) is 60.6 Å². The zero-order valence-electron chi connectivity index (χ0n) is 13.0. The van der Waals surface area contributed by atoms with Gasteiger partial charge in [-0.1, -0.05) is 23.4 Å². The minimum atomic E-state index is 0.113. The Labute approximate surface area is 141 Å². The molecule has 0 atom stereocenters. The van der Waals surface area contributed by atoms with Crippen molar-refractivity contribution in [2.45, 2.75) is 6.42 Å². The van der Waals surface area contributed by atoms with E-state index in [0.717, 1.165) is 5.69 Å². The van der Waals surface area contributed by atoms with Crippen LogP contribution < -0.4 is 11.1 Å². The molecule has 0 radical (unpaired) electrons. The molecule has 124 valence electrons. The van der Waals surface area contributed by atoms with E-state index >= 15 is 0 Å². The molecule has 9 heteroatoms. The van der Waals surface area contributed by atoms with Gasteiger partial charge in [0.15, 0.2) is 5.82 Å². The number of nitrogens with zero attached hydrogens (tertiary/aromatic N) is 5. The number of para-hydroxylation sites is 1. The van der Waals surface area contributed by atoms with Crippen LogP contribution in [-0.2, 0) is 6.42 Å². The highest BCUT2D eigenvalue weighted by atomic mass is 16.5. The Kier molecular flexibility index (Phi) is 3.79. The van der Waals surface area contributed by atoms with E-state index in [1.54, 1.807) is 6.07 Å². The van der Waals surface area contributed by atoms with Crippen molar-refractivity contribution in [3.63, 3.8) is 0 Å². The first-order valence-corrected chi connectivity index (χ1v) is 7.44. The summed E-state index contributed by atoms with van der Waals surface area (Å²) in [4.78, 5) is 16.8. The second-order valence-corrected chi connectivity index (χ2v) is 5.13. The molecular weight excluding hydrogens is 322 g/mol. The molecule has 9 nitrogen and oxygen atoms in total. The summed E-state index contributed by atoms with van der Waals surface area (Å²) in [5, 5.41) is 7.00.